The molecule has 0 unspecified atom stereocenters. The summed E-state index contributed by atoms with van der Waals surface area (Å²) in [5.74, 6) is -0.128. The molecule has 2 rings (SSSR count). The van der Waals surface area contributed by atoms with E-state index in [0.29, 0.717) is 19.6 Å². The first kappa shape index (κ1) is 11.9. The average Bonchev–Trinajstić information content (AvgIpc) is 2.66. The van der Waals surface area contributed by atoms with Gasteiger partial charge < -0.3 is 15.2 Å². The molecule has 1 saturated carbocycles. The van der Waals surface area contributed by atoms with Crippen molar-refractivity contribution >= 4 is 5.97 Å². The van der Waals surface area contributed by atoms with Crippen LogP contribution in [0.3, 0.4) is 0 Å². The summed E-state index contributed by atoms with van der Waals surface area (Å²) in [7, 11) is 0. The van der Waals surface area contributed by atoms with Crippen LogP contribution in [-0.4, -0.2) is 30.8 Å². The maximum atomic E-state index is 11.7. The minimum atomic E-state index is -0.289. The molecule has 0 radical (unpaired) electrons. The van der Waals surface area contributed by atoms with E-state index in [9.17, 15) is 4.79 Å². The van der Waals surface area contributed by atoms with Gasteiger partial charge in [-0.05, 0) is 12.8 Å². The predicted molar refractivity (Wildman–Crippen MR) is 59.9 cm³/mol. The van der Waals surface area contributed by atoms with Crippen LogP contribution in [0, 0.1) is 0 Å². The molecule has 92 valence electrons. The van der Waals surface area contributed by atoms with E-state index in [1.165, 1.54) is 0 Å². The molecule has 0 aromatic carbocycles. The Balaban J connectivity index is 1.74. The van der Waals surface area contributed by atoms with Gasteiger partial charge in [-0.25, -0.2) is 0 Å². The minimum Gasteiger partial charge on any atom is -0.462 e. The number of carbonyl (C=O) groups is 1. The van der Waals surface area contributed by atoms with Crippen molar-refractivity contribution < 1.29 is 14.3 Å². The van der Waals surface area contributed by atoms with Crippen LogP contribution in [0.4, 0.5) is 0 Å². The zero-order valence-electron chi connectivity index (χ0n) is 9.74. The van der Waals surface area contributed by atoms with Crippen molar-refractivity contribution in [1.29, 1.82) is 0 Å². The Morgan fingerprint density at radius 3 is 2.56 bits per heavy atom. The summed E-state index contributed by atoms with van der Waals surface area (Å²) in [5.41, 5.74) is 5.85. The van der Waals surface area contributed by atoms with E-state index in [2.05, 4.69) is 0 Å². The highest BCUT2D eigenvalue weighted by molar-refractivity contribution is 5.71. The van der Waals surface area contributed by atoms with Crippen LogP contribution in [0.5, 0.6) is 0 Å². The molecule has 1 saturated heterocycles. The van der Waals surface area contributed by atoms with Gasteiger partial charge >= 0.3 is 5.97 Å². The Morgan fingerprint density at radius 1 is 1.31 bits per heavy atom. The summed E-state index contributed by atoms with van der Waals surface area (Å²) in [5, 5.41) is 0. The number of esters is 1. The maximum absolute atomic E-state index is 11.7. The van der Waals surface area contributed by atoms with Crippen molar-refractivity contribution in [3.05, 3.63) is 0 Å². The van der Waals surface area contributed by atoms with Gasteiger partial charge in [0.25, 0.3) is 0 Å². The van der Waals surface area contributed by atoms with Crippen LogP contribution in [0.25, 0.3) is 0 Å². The fourth-order valence-corrected chi connectivity index (χ4v) is 2.56. The third-order valence-electron chi connectivity index (χ3n) is 3.56. The number of nitrogens with two attached hydrogens (primary N) is 1. The van der Waals surface area contributed by atoms with Gasteiger partial charge in [0, 0.05) is 18.4 Å². The Kier molecular flexibility index (Phi) is 3.82. The molecule has 2 N–H and O–H groups in total. The first-order valence-electron chi connectivity index (χ1n) is 6.24. The van der Waals surface area contributed by atoms with Gasteiger partial charge in [-0.15, -0.1) is 0 Å². The summed E-state index contributed by atoms with van der Waals surface area (Å²) in [6.07, 6.45) is 6.26. The second-order valence-electron chi connectivity index (χ2n) is 5.05. The van der Waals surface area contributed by atoms with Gasteiger partial charge in [-0.1, -0.05) is 12.8 Å². The highest BCUT2D eigenvalue weighted by Gasteiger charge is 2.33. The van der Waals surface area contributed by atoms with Crippen LogP contribution in [-0.2, 0) is 14.3 Å². The molecule has 0 aromatic heterocycles. The number of rotatable bonds is 3. The SMILES string of the molecule is NC1(CC(=O)OC2CCOCC2)CCCC1. The van der Waals surface area contributed by atoms with Crippen molar-refractivity contribution in [1.82, 2.24) is 0 Å². The molecule has 0 atom stereocenters. The van der Waals surface area contributed by atoms with Crippen LogP contribution in [0.15, 0.2) is 0 Å². The van der Waals surface area contributed by atoms with E-state index in [0.717, 1.165) is 38.5 Å². The van der Waals surface area contributed by atoms with Crippen molar-refractivity contribution in [2.45, 2.75) is 56.6 Å². The molecular weight excluding hydrogens is 206 g/mol. The number of hydrogen-bond donors (Lipinski definition) is 1. The molecule has 0 amide bonds. The first-order valence-corrected chi connectivity index (χ1v) is 6.24. The molecule has 0 spiro atoms. The van der Waals surface area contributed by atoms with E-state index in [4.69, 9.17) is 15.2 Å². The fourth-order valence-electron chi connectivity index (χ4n) is 2.56. The lowest BCUT2D eigenvalue weighted by Crippen LogP contribution is -2.40. The van der Waals surface area contributed by atoms with Crippen LogP contribution < -0.4 is 5.73 Å². The second kappa shape index (κ2) is 5.15. The lowest BCUT2D eigenvalue weighted by Gasteiger charge is -2.26. The molecule has 2 fully saturated rings. The third-order valence-corrected chi connectivity index (χ3v) is 3.56. The number of ether oxygens (including phenoxy) is 2. The van der Waals surface area contributed by atoms with E-state index in [1.807, 2.05) is 0 Å². The summed E-state index contributed by atoms with van der Waals surface area (Å²) in [6, 6.07) is 0. The number of carbonyl (C=O) groups excluding carboxylic acids is 1. The van der Waals surface area contributed by atoms with Gasteiger partial charge in [0.2, 0.25) is 0 Å². The summed E-state index contributed by atoms with van der Waals surface area (Å²) < 4.78 is 10.6. The third kappa shape index (κ3) is 3.19. The lowest BCUT2D eigenvalue weighted by atomic mass is 9.95. The molecule has 2 aliphatic rings. The zero-order chi connectivity index (χ0) is 11.4. The Labute approximate surface area is 96.5 Å². The number of hydrogen-bond acceptors (Lipinski definition) is 4. The zero-order valence-corrected chi connectivity index (χ0v) is 9.74. The molecule has 0 bridgehead atoms. The van der Waals surface area contributed by atoms with Crippen LogP contribution >= 0.6 is 0 Å². The van der Waals surface area contributed by atoms with Gasteiger partial charge in [-0.2, -0.15) is 0 Å². The highest BCUT2D eigenvalue weighted by atomic mass is 16.6. The Hall–Kier alpha value is -0.610. The predicted octanol–water partition coefficient (Wildman–Crippen LogP) is 1.37. The smallest absolute Gasteiger partial charge is 0.307 e. The fraction of sp³-hybridized carbons (Fsp3) is 0.917. The van der Waals surface area contributed by atoms with E-state index in [1.54, 1.807) is 0 Å². The molecule has 16 heavy (non-hydrogen) atoms. The topological polar surface area (TPSA) is 61.6 Å². The molecule has 1 heterocycles. The lowest BCUT2D eigenvalue weighted by molar-refractivity contribution is -0.154. The molecule has 4 heteroatoms. The maximum Gasteiger partial charge on any atom is 0.307 e. The average molecular weight is 227 g/mol. The van der Waals surface area contributed by atoms with Gasteiger partial charge in [0.1, 0.15) is 6.10 Å². The largest absolute Gasteiger partial charge is 0.462 e. The monoisotopic (exact) mass is 227 g/mol. The molecule has 0 aromatic rings. The van der Waals surface area contributed by atoms with E-state index >= 15 is 0 Å². The van der Waals surface area contributed by atoms with E-state index < -0.39 is 0 Å². The quantitative estimate of drug-likeness (QED) is 0.740. The Bertz CT molecular complexity index is 243. The summed E-state index contributed by atoms with van der Waals surface area (Å²) in [4.78, 5) is 11.7. The minimum absolute atomic E-state index is 0.0475. The standard InChI is InChI=1S/C12H21NO3/c13-12(5-1-2-6-12)9-11(14)16-10-3-7-15-8-4-10/h10H,1-9,13H2. The molecular formula is C12H21NO3. The highest BCUT2D eigenvalue weighted by Crippen LogP contribution is 2.30. The van der Waals surface area contributed by atoms with Crippen molar-refractivity contribution in [2.75, 3.05) is 13.2 Å². The van der Waals surface area contributed by atoms with Crippen LogP contribution in [0.2, 0.25) is 0 Å². The van der Waals surface area contributed by atoms with Crippen molar-refractivity contribution in [3.63, 3.8) is 0 Å². The second-order valence-corrected chi connectivity index (χ2v) is 5.05. The van der Waals surface area contributed by atoms with Crippen molar-refractivity contribution in [3.8, 4) is 0 Å². The molecule has 1 aliphatic carbocycles. The van der Waals surface area contributed by atoms with Gasteiger partial charge in [-0.3, -0.25) is 4.79 Å². The van der Waals surface area contributed by atoms with Crippen LogP contribution in [0.1, 0.15) is 44.9 Å². The molecule has 1 aliphatic heterocycles. The van der Waals surface area contributed by atoms with Crippen molar-refractivity contribution in [2.24, 2.45) is 5.73 Å². The summed E-state index contributed by atoms with van der Waals surface area (Å²) >= 11 is 0. The molecule has 4 nitrogen and oxygen atoms in total. The van der Waals surface area contributed by atoms with Gasteiger partial charge in [0.05, 0.1) is 19.6 Å². The summed E-state index contributed by atoms with van der Waals surface area (Å²) in [6.45, 7) is 1.40. The van der Waals surface area contributed by atoms with Gasteiger partial charge in [0.15, 0.2) is 0 Å². The van der Waals surface area contributed by atoms with E-state index in [-0.39, 0.29) is 17.6 Å². The normalized spacial score (nSPS) is 25.6. The Morgan fingerprint density at radius 2 is 1.94 bits per heavy atom. The first-order chi connectivity index (χ1) is 7.68.